The fraction of sp³-hybridized carbons (Fsp3) is 0.842. The van der Waals surface area contributed by atoms with Gasteiger partial charge in [-0.3, -0.25) is 0 Å². The van der Waals surface area contributed by atoms with E-state index in [1.165, 1.54) is 164 Å². The van der Waals surface area contributed by atoms with Gasteiger partial charge in [-0.25, -0.2) is 18.3 Å². The molecule has 254 valence electrons. The summed E-state index contributed by atoms with van der Waals surface area (Å²) in [5.74, 6) is 5.00. The Morgan fingerprint density at radius 2 is 0.795 bits per heavy atom. The molecule has 2 rings (SSSR count). The summed E-state index contributed by atoms with van der Waals surface area (Å²) in [4.78, 5) is 0. The van der Waals surface area contributed by atoms with Crippen molar-refractivity contribution in [1.29, 1.82) is 0 Å². The van der Waals surface area contributed by atoms with Gasteiger partial charge in [0.15, 0.2) is 0 Å². The molecule has 2 aromatic rings. The lowest BCUT2D eigenvalue weighted by Crippen LogP contribution is -2.25. The smallest absolute Gasteiger partial charge is 0.240 e. The second kappa shape index (κ2) is 27.3. The molecule has 0 aliphatic heterocycles. The molecule has 2 heterocycles. The van der Waals surface area contributed by atoms with Crippen molar-refractivity contribution in [3.05, 3.63) is 37.4 Å². The zero-order valence-electron chi connectivity index (χ0n) is 29.6. The molecule has 0 bridgehead atoms. The van der Waals surface area contributed by atoms with Crippen LogP contribution in [0.15, 0.2) is 37.4 Å². The molecule has 2 atom stereocenters. The molecule has 0 aromatic carbocycles. The predicted octanol–water partition coefficient (Wildman–Crippen LogP) is 10.8. The van der Waals surface area contributed by atoms with E-state index in [0.29, 0.717) is 12.1 Å². The summed E-state index contributed by atoms with van der Waals surface area (Å²) in [7, 11) is 4.29. The summed E-state index contributed by atoms with van der Waals surface area (Å²) in [6, 6.07) is 1.26. The average molecular weight is 649 g/mol. The Hall–Kier alpha value is -0.880. The van der Waals surface area contributed by atoms with Crippen molar-refractivity contribution in [2.45, 2.75) is 167 Å². The van der Waals surface area contributed by atoms with Crippen LogP contribution < -0.4 is 9.13 Å². The first-order valence-electron chi connectivity index (χ1n) is 18.8. The van der Waals surface area contributed by atoms with Crippen molar-refractivity contribution in [2.75, 3.05) is 23.0 Å². The number of thioether (sulfide) groups is 2. The third-order valence-electron chi connectivity index (χ3n) is 9.20. The Balaban J connectivity index is 1.61. The van der Waals surface area contributed by atoms with E-state index >= 15 is 0 Å². The second-order valence-corrected chi connectivity index (χ2v) is 15.8. The van der Waals surface area contributed by atoms with Crippen LogP contribution in [0, 0.1) is 0 Å². The van der Waals surface area contributed by atoms with E-state index in [4.69, 9.17) is 0 Å². The largest absolute Gasteiger partial charge is 0.243 e. The highest BCUT2D eigenvalue weighted by molar-refractivity contribution is 8.02. The van der Waals surface area contributed by atoms with Crippen molar-refractivity contribution >= 4 is 23.5 Å². The van der Waals surface area contributed by atoms with Crippen molar-refractivity contribution < 1.29 is 9.13 Å². The first-order valence-corrected chi connectivity index (χ1v) is 21.2. The van der Waals surface area contributed by atoms with Gasteiger partial charge in [-0.05, 0) is 25.7 Å². The van der Waals surface area contributed by atoms with Crippen LogP contribution in [0.25, 0.3) is 0 Å². The Kier molecular flexibility index (Phi) is 24.3. The molecule has 0 radical (unpaired) electrons. The summed E-state index contributed by atoms with van der Waals surface area (Å²) in [5, 5.41) is 0. The monoisotopic (exact) mass is 649 g/mol. The van der Waals surface area contributed by atoms with Gasteiger partial charge < -0.3 is 0 Å². The molecule has 2 aromatic heterocycles. The summed E-state index contributed by atoms with van der Waals surface area (Å²) >= 11 is 4.34. The van der Waals surface area contributed by atoms with Gasteiger partial charge in [0.05, 0.1) is 14.1 Å². The summed E-state index contributed by atoms with van der Waals surface area (Å²) in [6.07, 6.45) is 44.5. The Morgan fingerprint density at radius 3 is 1.09 bits per heavy atom. The third kappa shape index (κ3) is 19.6. The van der Waals surface area contributed by atoms with Crippen LogP contribution in [0.2, 0.25) is 0 Å². The minimum absolute atomic E-state index is 0.629. The molecule has 0 aliphatic rings. The van der Waals surface area contributed by atoms with Crippen molar-refractivity contribution in [3.63, 3.8) is 0 Å². The van der Waals surface area contributed by atoms with E-state index in [1.54, 1.807) is 0 Å². The number of unbranched alkanes of at least 4 members (excludes halogenated alkanes) is 18. The number of rotatable bonds is 31. The molecule has 44 heavy (non-hydrogen) atoms. The van der Waals surface area contributed by atoms with Crippen LogP contribution in [-0.4, -0.2) is 32.1 Å². The molecule has 0 spiro atoms. The van der Waals surface area contributed by atoms with Crippen molar-refractivity contribution in [1.82, 2.24) is 9.13 Å². The van der Waals surface area contributed by atoms with Crippen molar-refractivity contribution in [3.8, 4) is 0 Å². The molecule has 0 saturated carbocycles. The molecular weight excluding hydrogens is 577 g/mol. The molecule has 0 aliphatic carbocycles. The molecule has 0 amide bonds. The van der Waals surface area contributed by atoms with E-state index in [9.17, 15) is 0 Å². The highest BCUT2D eigenvalue weighted by atomic mass is 32.2. The maximum atomic E-state index is 2.47. The third-order valence-corrected chi connectivity index (χ3v) is 11.7. The standard InChI is InChI=1S/C38H72N4S2/c1-5-7-9-11-13-15-17-19-21-23-25-37(41-29-27-39(3)35-41)33-43-31-32-44-34-38(42-30-28-40(4)36-42)26-24-22-20-18-16-14-12-10-8-6-2/h27-30,35-38H,5-26,31-34H2,1-4H3/q+2. The number of hydrogen-bond acceptors (Lipinski definition) is 2. The number of imidazole rings is 2. The fourth-order valence-electron chi connectivity index (χ4n) is 6.30. The molecule has 6 heteroatoms. The number of aromatic nitrogens is 4. The minimum Gasteiger partial charge on any atom is -0.240 e. The molecule has 0 N–H and O–H groups in total. The lowest BCUT2D eigenvalue weighted by Gasteiger charge is -2.15. The first-order chi connectivity index (χ1) is 21.6. The van der Waals surface area contributed by atoms with Gasteiger partial charge in [-0.1, -0.05) is 129 Å². The highest BCUT2D eigenvalue weighted by Crippen LogP contribution is 2.25. The Bertz CT molecular complexity index is 823. The SMILES string of the molecule is CCCCCCCCCCCCC(CSCCSCC(CCCCCCCCCCCC)n1cc[n+](C)c1)n1cc[n+](C)c1. The number of nitrogens with zero attached hydrogens (tertiary/aromatic N) is 4. The van der Waals surface area contributed by atoms with Gasteiger partial charge in [0.1, 0.15) is 36.9 Å². The molecule has 0 saturated heterocycles. The highest BCUT2D eigenvalue weighted by Gasteiger charge is 2.18. The maximum Gasteiger partial charge on any atom is 0.243 e. The molecule has 0 fully saturated rings. The Labute approximate surface area is 282 Å². The van der Waals surface area contributed by atoms with Crippen LogP contribution >= 0.6 is 23.5 Å². The van der Waals surface area contributed by atoms with Gasteiger partial charge in [0, 0.05) is 23.0 Å². The van der Waals surface area contributed by atoms with Crippen molar-refractivity contribution in [2.24, 2.45) is 14.1 Å². The van der Waals surface area contributed by atoms with Crippen LogP contribution in [0.4, 0.5) is 0 Å². The lowest BCUT2D eigenvalue weighted by atomic mass is 10.0. The van der Waals surface area contributed by atoms with E-state index in [-0.39, 0.29) is 0 Å². The number of aryl methyl sites for hydroxylation is 2. The zero-order valence-corrected chi connectivity index (χ0v) is 31.2. The molecule has 2 unspecified atom stereocenters. The van der Waals surface area contributed by atoms with Crippen LogP contribution in [0.3, 0.4) is 0 Å². The molecule has 4 nitrogen and oxygen atoms in total. The average Bonchev–Trinajstić information content (AvgIpc) is 3.66. The van der Waals surface area contributed by atoms with E-state index in [1.807, 2.05) is 0 Å². The van der Waals surface area contributed by atoms with Gasteiger partial charge in [0.2, 0.25) is 12.7 Å². The predicted molar refractivity (Wildman–Crippen MR) is 197 cm³/mol. The fourth-order valence-corrected chi connectivity index (χ4v) is 8.80. The normalized spacial score (nSPS) is 13.1. The van der Waals surface area contributed by atoms with Crippen LogP contribution in [-0.2, 0) is 14.1 Å². The first kappa shape index (κ1) is 39.3. The second-order valence-electron chi connectivity index (χ2n) is 13.5. The zero-order chi connectivity index (χ0) is 31.5. The quantitative estimate of drug-likeness (QED) is 0.0598. The molecular formula is C38H72N4S2+2. The van der Waals surface area contributed by atoms with Gasteiger partial charge in [-0.15, -0.1) is 0 Å². The maximum absolute atomic E-state index is 2.47. The van der Waals surface area contributed by atoms with E-state index in [0.717, 1.165) is 0 Å². The van der Waals surface area contributed by atoms with E-state index in [2.05, 4.69) is 107 Å². The van der Waals surface area contributed by atoms with Gasteiger partial charge in [0.25, 0.3) is 0 Å². The van der Waals surface area contributed by atoms with Gasteiger partial charge >= 0.3 is 0 Å². The Morgan fingerprint density at radius 1 is 0.477 bits per heavy atom. The lowest BCUT2D eigenvalue weighted by molar-refractivity contribution is -0.671. The van der Waals surface area contributed by atoms with Gasteiger partial charge in [-0.2, -0.15) is 23.5 Å². The summed E-state index contributed by atoms with van der Waals surface area (Å²) in [5.41, 5.74) is 0. The van der Waals surface area contributed by atoms with Crippen LogP contribution in [0.5, 0.6) is 0 Å². The summed E-state index contributed by atoms with van der Waals surface area (Å²) < 4.78 is 9.34. The topological polar surface area (TPSA) is 17.6 Å². The minimum atomic E-state index is 0.629. The summed E-state index contributed by atoms with van der Waals surface area (Å²) in [6.45, 7) is 4.61. The van der Waals surface area contributed by atoms with Crippen LogP contribution in [0.1, 0.15) is 167 Å². The van der Waals surface area contributed by atoms with E-state index < -0.39 is 0 Å². The number of hydrogen-bond donors (Lipinski definition) is 0.